The van der Waals surface area contributed by atoms with E-state index in [-0.39, 0.29) is 11.3 Å². The SMILES string of the molecule is Oc1ccc(F)c(C2CNCCO2)c1O. The normalized spacial score (nSPS) is 21.5. The number of phenols is 2. The second-order valence-corrected chi connectivity index (χ2v) is 3.39. The van der Waals surface area contributed by atoms with Gasteiger partial charge in [0.2, 0.25) is 0 Å². The van der Waals surface area contributed by atoms with E-state index in [9.17, 15) is 14.6 Å². The van der Waals surface area contributed by atoms with Crippen molar-refractivity contribution >= 4 is 0 Å². The van der Waals surface area contributed by atoms with Gasteiger partial charge in [0.1, 0.15) is 11.9 Å². The molecule has 15 heavy (non-hydrogen) atoms. The minimum absolute atomic E-state index is 0.0159. The van der Waals surface area contributed by atoms with Crippen LogP contribution < -0.4 is 5.32 Å². The smallest absolute Gasteiger partial charge is 0.166 e. The molecule has 1 fully saturated rings. The molecule has 5 heteroatoms. The zero-order valence-electron chi connectivity index (χ0n) is 8.03. The van der Waals surface area contributed by atoms with Crippen LogP contribution in [0.3, 0.4) is 0 Å². The molecule has 1 aliphatic heterocycles. The molecular weight excluding hydrogens is 201 g/mol. The molecule has 1 aliphatic rings. The van der Waals surface area contributed by atoms with Crippen molar-refractivity contribution in [3.05, 3.63) is 23.5 Å². The molecule has 1 saturated heterocycles. The molecule has 1 aromatic rings. The third-order valence-corrected chi connectivity index (χ3v) is 2.39. The summed E-state index contributed by atoms with van der Waals surface area (Å²) in [6, 6.07) is 2.23. The van der Waals surface area contributed by atoms with Gasteiger partial charge in [-0.2, -0.15) is 0 Å². The second kappa shape index (κ2) is 4.04. The number of nitrogens with one attached hydrogen (secondary N) is 1. The maximum Gasteiger partial charge on any atom is 0.166 e. The van der Waals surface area contributed by atoms with Crippen molar-refractivity contribution in [1.29, 1.82) is 0 Å². The van der Waals surface area contributed by atoms with Gasteiger partial charge < -0.3 is 20.3 Å². The first-order chi connectivity index (χ1) is 7.20. The molecule has 1 unspecified atom stereocenters. The fourth-order valence-corrected chi connectivity index (χ4v) is 1.63. The van der Waals surface area contributed by atoms with Crippen LogP contribution in [0.5, 0.6) is 11.5 Å². The highest BCUT2D eigenvalue weighted by atomic mass is 19.1. The van der Waals surface area contributed by atoms with Crippen molar-refractivity contribution in [2.45, 2.75) is 6.10 Å². The van der Waals surface area contributed by atoms with Crippen LogP contribution in [-0.2, 0) is 4.74 Å². The third kappa shape index (κ3) is 1.88. The Kier molecular flexibility index (Phi) is 2.75. The van der Waals surface area contributed by atoms with E-state index in [1.807, 2.05) is 0 Å². The summed E-state index contributed by atoms with van der Waals surface area (Å²) in [7, 11) is 0. The summed E-state index contributed by atoms with van der Waals surface area (Å²) in [5, 5.41) is 21.8. The first-order valence-corrected chi connectivity index (χ1v) is 4.73. The van der Waals surface area contributed by atoms with Gasteiger partial charge in [0.25, 0.3) is 0 Å². The zero-order valence-corrected chi connectivity index (χ0v) is 8.03. The highest BCUT2D eigenvalue weighted by Gasteiger charge is 2.24. The number of hydrogen-bond acceptors (Lipinski definition) is 4. The molecule has 0 bridgehead atoms. The summed E-state index contributed by atoms with van der Waals surface area (Å²) >= 11 is 0. The Hall–Kier alpha value is -1.33. The maximum atomic E-state index is 13.4. The molecule has 0 aromatic heterocycles. The van der Waals surface area contributed by atoms with E-state index in [2.05, 4.69) is 5.32 Å². The predicted octanol–water partition coefficient (Wildman–Crippen LogP) is 0.898. The summed E-state index contributed by atoms with van der Waals surface area (Å²) in [6.45, 7) is 1.59. The lowest BCUT2D eigenvalue weighted by molar-refractivity contribution is 0.0238. The molecule has 0 radical (unpaired) electrons. The summed E-state index contributed by atoms with van der Waals surface area (Å²) in [6.07, 6.45) is -0.550. The number of phenolic OH excluding ortho intramolecular Hbond substituents is 2. The van der Waals surface area contributed by atoms with Crippen LogP contribution in [0.4, 0.5) is 4.39 Å². The lowest BCUT2D eigenvalue weighted by Crippen LogP contribution is -2.33. The minimum atomic E-state index is -0.570. The van der Waals surface area contributed by atoms with E-state index in [1.165, 1.54) is 0 Å². The average Bonchev–Trinajstić information content (AvgIpc) is 2.26. The van der Waals surface area contributed by atoms with Crippen LogP contribution in [0.25, 0.3) is 0 Å². The molecule has 0 spiro atoms. The van der Waals surface area contributed by atoms with Gasteiger partial charge in [-0.1, -0.05) is 0 Å². The second-order valence-electron chi connectivity index (χ2n) is 3.39. The standard InChI is InChI=1S/C10H12FNO3/c11-6-1-2-7(13)10(14)9(6)8-5-12-3-4-15-8/h1-2,8,12-14H,3-5H2. The van der Waals surface area contributed by atoms with Gasteiger partial charge in [0.15, 0.2) is 11.5 Å². The molecule has 3 N–H and O–H groups in total. The highest BCUT2D eigenvalue weighted by Crippen LogP contribution is 2.36. The van der Waals surface area contributed by atoms with Crippen LogP contribution >= 0.6 is 0 Å². The van der Waals surface area contributed by atoms with Crippen LogP contribution in [0.1, 0.15) is 11.7 Å². The van der Waals surface area contributed by atoms with E-state index in [0.29, 0.717) is 19.7 Å². The Morgan fingerprint density at radius 3 is 2.87 bits per heavy atom. The van der Waals surface area contributed by atoms with Crippen molar-refractivity contribution in [2.75, 3.05) is 19.7 Å². The number of morpholine rings is 1. The summed E-state index contributed by atoms with van der Waals surface area (Å²) in [5.74, 6) is -1.34. The average molecular weight is 213 g/mol. The first-order valence-electron chi connectivity index (χ1n) is 4.73. The van der Waals surface area contributed by atoms with E-state index in [0.717, 1.165) is 12.1 Å². The lowest BCUT2D eigenvalue weighted by atomic mass is 10.1. The highest BCUT2D eigenvalue weighted by molar-refractivity contribution is 5.46. The number of aromatic hydroxyl groups is 2. The third-order valence-electron chi connectivity index (χ3n) is 2.39. The number of ether oxygens (including phenoxy) is 1. The largest absolute Gasteiger partial charge is 0.504 e. The van der Waals surface area contributed by atoms with Crippen molar-refractivity contribution < 1.29 is 19.3 Å². The Balaban J connectivity index is 2.36. The summed E-state index contributed by atoms with van der Waals surface area (Å²) < 4.78 is 18.7. The van der Waals surface area contributed by atoms with Crippen LogP contribution in [0.15, 0.2) is 12.1 Å². The van der Waals surface area contributed by atoms with E-state index >= 15 is 0 Å². The maximum absolute atomic E-state index is 13.4. The number of benzene rings is 1. The van der Waals surface area contributed by atoms with Crippen molar-refractivity contribution in [3.63, 3.8) is 0 Å². The van der Waals surface area contributed by atoms with Gasteiger partial charge in [0, 0.05) is 13.1 Å². The van der Waals surface area contributed by atoms with Crippen LogP contribution in [-0.4, -0.2) is 29.9 Å². The number of rotatable bonds is 1. The Morgan fingerprint density at radius 2 is 2.20 bits per heavy atom. The molecule has 0 amide bonds. The van der Waals surface area contributed by atoms with Gasteiger partial charge in [-0.15, -0.1) is 0 Å². The molecule has 0 aliphatic carbocycles. The van der Waals surface area contributed by atoms with Gasteiger partial charge >= 0.3 is 0 Å². The zero-order chi connectivity index (χ0) is 10.8. The summed E-state index contributed by atoms with van der Waals surface area (Å²) in [4.78, 5) is 0. The van der Waals surface area contributed by atoms with Gasteiger partial charge in [-0.25, -0.2) is 4.39 Å². The van der Waals surface area contributed by atoms with Gasteiger partial charge in [-0.05, 0) is 12.1 Å². The summed E-state index contributed by atoms with van der Waals surface area (Å²) in [5.41, 5.74) is 0.0159. The van der Waals surface area contributed by atoms with E-state index in [1.54, 1.807) is 0 Å². The Bertz CT molecular complexity index is 364. The van der Waals surface area contributed by atoms with E-state index < -0.39 is 17.7 Å². The Labute approximate surface area is 86.3 Å². The molecule has 4 nitrogen and oxygen atoms in total. The van der Waals surface area contributed by atoms with Crippen molar-refractivity contribution in [1.82, 2.24) is 5.32 Å². The fourth-order valence-electron chi connectivity index (χ4n) is 1.63. The molecule has 1 atom stereocenters. The molecule has 82 valence electrons. The molecule has 0 saturated carbocycles. The van der Waals surface area contributed by atoms with Crippen molar-refractivity contribution in [2.24, 2.45) is 0 Å². The molecule has 1 heterocycles. The van der Waals surface area contributed by atoms with Crippen LogP contribution in [0, 0.1) is 5.82 Å². The monoisotopic (exact) mass is 213 g/mol. The topological polar surface area (TPSA) is 61.7 Å². The molecule has 1 aromatic carbocycles. The Morgan fingerprint density at radius 1 is 1.40 bits per heavy atom. The number of halogens is 1. The van der Waals surface area contributed by atoms with Gasteiger partial charge in [0.05, 0.1) is 12.2 Å². The lowest BCUT2D eigenvalue weighted by Gasteiger charge is -2.24. The predicted molar refractivity (Wildman–Crippen MR) is 51.3 cm³/mol. The molecule has 2 rings (SSSR count). The van der Waals surface area contributed by atoms with E-state index in [4.69, 9.17) is 4.74 Å². The minimum Gasteiger partial charge on any atom is -0.504 e. The van der Waals surface area contributed by atoms with Crippen molar-refractivity contribution in [3.8, 4) is 11.5 Å². The van der Waals surface area contributed by atoms with Gasteiger partial charge in [-0.3, -0.25) is 0 Å². The fraction of sp³-hybridized carbons (Fsp3) is 0.400. The molecular formula is C10H12FNO3. The van der Waals surface area contributed by atoms with Crippen LogP contribution in [0.2, 0.25) is 0 Å². The number of hydrogen-bond donors (Lipinski definition) is 3. The quantitative estimate of drug-likeness (QED) is 0.606. The first kappa shape index (κ1) is 10.2.